The van der Waals surface area contributed by atoms with Gasteiger partial charge in [0.05, 0.1) is 30.6 Å². The predicted molar refractivity (Wildman–Crippen MR) is 152 cm³/mol. The molecule has 2 unspecified atom stereocenters. The first-order valence-corrected chi connectivity index (χ1v) is 14.3. The van der Waals surface area contributed by atoms with Gasteiger partial charge in [-0.25, -0.2) is 9.78 Å². The standard InChI is InChI=1S/C29H35N7O6/c1-28(2,3)42-27(39)34(4)21-12-20(32-19-7-6-10-35(26(19)38)29-18-14-41-23(29)22(18)29)33-24-17(13-30-36(21)24)25(37)31-15-8-9-16(11-15)40-5/h6-7,10,12-13,15-16,18,22-23H,8-9,11,14H2,1-5H3,(H,31,37)(H,32,33)/t15-,16-,18-,22-,23?,29?/m1/s1. The summed E-state index contributed by atoms with van der Waals surface area (Å²) in [5.74, 6) is 1.07. The fourth-order valence-electron chi connectivity index (χ4n) is 6.76. The summed E-state index contributed by atoms with van der Waals surface area (Å²) in [6, 6.07) is 5.09. The van der Waals surface area contributed by atoms with E-state index in [9.17, 15) is 14.4 Å². The lowest BCUT2D eigenvalue weighted by atomic mass is 10.2. The van der Waals surface area contributed by atoms with Gasteiger partial charge < -0.3 is 29.4 Å². The lowest BCUT2D eigenvalue weighted by Gasteiger charge is -2.25. The molecule has 13 nitrogen and oxygen atoms in total. The topological polar surface area (TPSA) is 141 Å². The number of ether oxygens (including phenoxy) is 3. The monoisotopic (exact) mass is 577 g/mol. The lowest BCUT2D eigenvalue weighted by molar-refractivity contribution is 0.0587. The van der Waals surface area contributed by atoms with Crippen molar-refractivity contribution in [3.05, 3.63) is 46.5 Å². The van der Waals surface area contributed by atoms with Crippen molar-refractivity contribution in [2.45, 2.75) is 69.4 Å². The minimum Gasteiger partial charge on any atom is -0.443 e. The van der Waals surface area contributed by atoms with Gasteiger partial charge in [0.25, 0.3) is 11.5 Å². The molecule has 2 amide bonds. The van der Waals surface area contributed by atoms with E-state index in [-0.39, 0.29) is 52.3 Å². The van der Waals surface area contributed by atoms with Crippen LogP contribution in [0.5, 0.6) is 0 Å². The Labute approximate surface area is 242 Å². The van der Waals surface area contributed by atoms with Crippen molar-refractivity contribution in [3.63, 3.8) is 0 Å². The summed E-state index contributed by atoms with van der Waals surface area (Å²) < 4.78 is 20.0. The van der Waals surface area contributed by atoms with Gasteiger partial charge in [-0.3, -0.25) is 14.5 Å². The van der Waals surface area contributed by atoms with Gasteiger partial charge in [0, 0.05) is 44.3 Å². The Bertz CT molecular complexity index is 1640. The first-order valence-electron chi connectivity index (χ1n) is 14.3. The molecule has 8 rings (SSSR count). The van der Waals surface area contributed by atoms with Crippen molar-refractivity contribution < 1.29 is 23.8 Å². The van der Waals surface area contributed by atoms with Gasteiger partial charge in [0.15, 0.2) is 5.65 Å². The largest absolute Gasteiger partial charge is 0.443 e. The number of nitrogens with zero attached hydrogens (tertiary/aromatic N) is 5. The second kappa shape index (κ2) is 9.27. The normalized spacial score (nSPS) is 28.8. The molecular formula is C29H35N7O6. The zero-order valence-electron chi connectivity index (χ0n) is 24.3. The molecule has 2 N–H and O–H groups in total. The predicted octanol–water partition coefficient (Wildman–Crippen LogP) is 2.66. The summed E-state index contributed by atoms with van der Waals surface area (Å²) in [6.07, 6.45) is 5.27. The SMILES string of the molecule is CO[C@@H]1CC[C@@H](NC(=O)c2cnn3c(N(C)C(=O)OC(C)(C)C)cc(Nc4cccn(C56C7OC[C@@H]5[C@H]76)c4=O)nc23)C1. The fraction of sp³-hybridized carbons (Fsp3) is 0.552. The third-order valence-electron chi connectivity index (χ3n) is 8.97. The molecule has 3 aromatic heterocycles. The molecule has 0 radical (unpaired) electrons. The van der Waals surface area contributed by atoms with E-state index in [1.807, 2.05) is 12.3 Å². The molecule has 0 aromatic carbocycles. The van der Waals surface area contributed by atoms with E-state index < -0.39 is 11.7 Å². The number of nitrogens with one attached hydrogen (secondary N) is 2. The van der Waals surface area contributed by atoms with E-state index in [0.29, 0.717) is 29.9 Å². The third kappa shape index (κ3) is 4.09. The molecule has 3 aromatic rings. The van der Waals surface area contributed by atoms with Crippen molar-refractivity contribution in [3.8, 4) is 0 Å². The van der Waals surface area contributed by atoms with Crippen LogP contribution < -0.4 is 21.1 Å². The smallest absolute Gasteiger partial charge is 0.415 e. The fourth-order valence-corrected chi connectivity index (χ4v) is 6.76. The molecule has 2 bridgehead atoms. The van der Waals surface area contributed by atoms with Crippen molar-refractivity contribution >= 4 is 35.0 Å². The Morgan fingerprint density at radius 2 is 2.07 bits per heavy atom. The summed E-state index contributed by atoms with van der Waals surface area (Å²) in [7, 11) is 3.23. The summed E-state index contributed by atoms with van der Waals surface area (Å²) >= 11 is 0. The molecule has 0 spiro atoms. The van der Waals surface area contributed by atoms with Crippen LogP contribution in [-0.4, -0.2) is 75.8 Å². The number of methoxy groups -OCH3 is 1. The summed E-state index contributed by atoms with van der Waals surface area (Å²) in [5, 5.41) is 10.6. The number of hydrogen-bond donors (Lipinski definition) is 2. The second-order valence-electron chi connectivity index (χ2n) is 12.7. The van der Waals surface area contributed by atoms with Crippen LogP contribution in [-0.2, 0) is 19.7 Å². The third-order valence-corrected chi connectivity index (χ3v) is 8.97. The van der Waals surface area contributed by atoms with Gasteiger partial charge in [-0.05, 0) is 52.2 Å². The number of carbonyl (C=O) groups is 2. The Morgan fingerprint density at radius 3 is 2.74 bits per heavy atom. The molecule has 5 heterocycles. The number of anilines is 3. The van der Waals surface area contributed by atoms with Gasteiger partial charge in [-0.15, -0.1) is 0 Å². The molecule has 2 aliphatic heterocycles. The first kappa shape index (κ1) is 26.9. The summed E-state index contributed by atoms with van der Waals surface area (Å²) in [5.41, 5.74) is -0.315. The van der Waals surface area contributed by atoms with Crippen LogP contribution in [0.2, 0.25) is 0 Å². The van der Waals surface area contributed by atoms with Crippen LogP contribution in [0.25, 0.3) is 5.65 Å². The van der Waals surface area contributed by atoms with Crippen LogP contribution in [0, 0.1) is 11.8 Å². The van der Waals surface area contributed by atoms with Crippen molar-refractivity contribution in [2.24, 2.45) is 11.8 Å². The molecule has 6 atom stereocenters. The van der Waals surface area contributed by atoms with Crippen LogP contribution in [0.4, 0.5) is 22.1 Å². The number of fused-ring (bicyclic) bond motifs is 2. The molecule has 5 fully saturated rings. The highest BCUT2D eigenvalue weighted by atomic mass is 16.6. The Balaban J connectivity index is 1.24. The van der Waals surface area contributed by atoms with Gasteiger partial charge >= 0.3 is 6.09 Å². The van der Waals surface area contributed by atoms with E-state index in [0.717, 1.165) is 19.3 Å². The van der Waals surface area contributed by atoms with Crippen LogP contribution in [0.3, 0.4) is 0 Å². The van der Waals surface area contributed by atoms with Crippen molar-refractivity contribution in [2.75, 3.05) is 31.0 Å². The van der Waals surface area contributed by atoms with Crippen molar-refractivity contribution in [1.29, 1.82) is 0 Å². The molecule has 13 heteroatoms. The summed E-state index contributed by atoms with van der Waals surface area (Å²) in [4.78, 5) is 46.0. The number of rotatable bonds is 7. The van der Waals surface area contributed by atoms with Crippen LogP contribution >= 0.6 is 0 Å². The molecule has 5 aliphatic rings. The average Bonchev–Trinajstić information content (AvgIpc) is 3.39. The average molecular weight is 578 g/mol. The number of carbonyl (C=O) groups excluding carboxylic acids is 2. The highest BCUT2D eigenvalue weighted by Gasteiger charge is 2.93. The van der Waals surface area contributed by atoms with Gasteiger partial charge in [0.1, 0.15) is 28.5 Å². The maximum Gasteiger partial charge on any atom is 0.415 e. The minimum absolute atomic E-state index is 0.0299. The Morgan fingerprint density at radius 1 is 1.26 bits per heavy atom. The lowest BCUT2D eigenvalue weighted by Crippen LogP contribution is -2.35. The molecule has 3 aliphatic carbocycles. The molecule has 3 saturated carbocycles. The highest BCUT2D eigenvalue weighted by molar-refractivity contribution is 6.00. The Hall–Kier alpha value is -3.97. The zero-order chi connectivity index (χ0) is 29.6. The quantitative estimate of drug-likeness (QED) is 0.434. The number of aromatic nitrogens is 4. The van der Waals surface area contributed by atoms with E-state index in [4.69, 9.17) is 14.2 Å². The maximum atomic E-state index is 13.6. The van der Waals surface area contributed by atoms with Crippen LogP contribution in [0.1, 0.15) is 50.4 Å². The number of pyridine rings is 1. The van der Waals surface area contributed by atoms with E-state index in [1.54, 1.807) is 51.6 Å². The van der Waals surface area contributed by atoms with E-state index >= 15 is 0 Å². The van der Waals surface area contributed by atoms with E-state index in [2.05, 4.69) is 20.7 Å². The summed E-state index contributed by atoms with van der Waals surface area (Å²) in [6.45, 7) is 6.03. The van der Waals surface area contributed by atoms with Crippen molar-refractivity contribution in [1.82, 2.24) is 24.5 Å². The second-order valence-corrected chi connectivity index (χ2v) is 12.7. The molecule has 2 saturated heterocycles. The molecule has 222 valence electrons. The van der Waals surface area contributed by atoms with E-state index in [1.165, 1.54) is 15.6 Å². The minimum atomic E-state index is -0.726. The number of hydrogen-bond acceptors (Lipinski definition) is 9. The molecule has 42 heavy (non-hydrogen) atoms. The number of amides is 2. The highest BCUT2D eigenvalue weighted by Crippen LogP contribution is 2.82. The Kier molecular flexibility index (Phi) is 5.93. The first-order chi connectivity index (χ1) is 20.0. The molecular weight excluding hydrogens is 542 g/mol. The maximum absolute atomic E-state index is 13.6. The van der Waals surface area contributed by atoms with Gasteiger partial charge in [-0.2, -0.15) is 9.61 Å². The van der Waals surface area contributed by atoms with Crippen LogP contribution in [0.15, 0.2) is 35.4 Å². The van der Waals surface area contributed by atoms with Gasteiger partial charge in [0.2, 0.25) is 0 Å². The van der Waals surface area contributed by atoms with Gasteiger partial charge in [-0.1, -0.05) is 0 Å². The zero-order valence-corrected chi connectivity index (χ0v) is 24.3.